The smallest absolute Gasteiger partial charge is 0.118 e. The second kappa shape index (κ2) is 3.96. The first-order valence-corrected chi connectivity index (χ1v) is 8.28. The van der Waals surface area contributed by atoms with Gasteiger partial charge in [-0.15, -0.1) is 0 Å². The van der Waals surface area contributed by atoms with Crippen LogP contribution in [0.3, 0.4) is 0 Å². The van der Waals surface area contributed by atoms with Gasteiger partial charge in [-0.3, -0.25) is 0 Å². The maximum Gasteiger partial charge on any atom is 0.118 e. The van der Waals surface area contributed by atoms with Crippen LogP contribution in [-0.2, 0) is 0 Å². The number of ether oxygens (including phenoxy) is 1. The van der Waals surface area contributed by atoms with Crippen LogP contribution in [0.4, 0.5) is 0 Å². The summed E-state index contributed by atoms with van der Waals surface area (Å²) in [4.78, 5) is 0. The average molecular weight is 194 g/mol. The molecule has 0 aliphatic carbocycles. The van der Waals surface area contributed by atoms with E-state index in [0.717, 1.165) is 12.4 Å². The summed E-state index contributed by atoms with van der Waals surface area (Å²) < 4.78 is 5.60. The highest BCUT2D eigenvalue weighted by atomic mass is 28.3. The summed E-state index contributed by atoms with van der Waals surface area (Å²) in [5.41, 5.74) is 0. The molecule has 2 heteroatoms. The Hall–Kier alpha value is -0.763. The molecule has 0 saturated carbocycles. The number of benzene rings is 1. The highest BCUT2D eigenvalue weighted by Crippen LogP contribution is 2.13. The molecule has 1 rings (SSSR count). The minimum absolute atomic E-state index is 0.751. The summed E-state index contributed by atoms with van der Waals surface area (Å²) in [5, 5.41) is 1.41. The van der Waals surface area contributed by atoms with E-state index in [0.29, 0.717) is 0 Å². The van der Waals surface area contributed by atoms with Crippen LogP contribution in [-0.4, -0.2) is 14.7 Å². The molecule has 0 radical (unpaired) electrons. The summed E-state index contributed by atoms with van der Waals surface area (Å²) in [6.45, 7) is 9.79. The molecule has 0 heterocycles. The van der Waals surface area contributed by atoms with Crippen molar-refractivity contribution in [1.82, 2.24) is 0 Å². The zero-order chi connectivity index (χ0) is 9.90. The van der Waals surface area contributed by atoms with Crippen LogP contribution in [0.2, 0.25) is 19.6 Å². The van der Waals surface area contributed by atoms with E-state index in [4.69, 9.17) is 4.74 Å². The fourth-order valence-electron chi connectivity index (χ4n) is 1.37. The zero-order valence-electron chi connectivity index (χ0n) is 8.92. The van der Waals surface area contributed by atoms with E-state index in [1.807, 2.05) is 13.0 Å². The first-order valence-electron chi connectivity index (χ1n) is 4.78. The first kappa shape index (κ1) is 10.3. The van der Waals surface area contributed by atoms with Crippen molar-refractivity contribution >= 4 is 13.3 Å². The topological polar surface area (TPSA) is 9.23 Å². The lowest BCUT2D eigenvalue weighted by Gasteiger charge is -2.20. The summed E-state index contributed by atoms with van der Waals surface area (Å²) >= 11 is 0. The van der Waals surface area contributed by atoms with Crippen LogP contribution in [0.1, 0.15) is 6.92 Å². The summed E-state index contributed by atoms with van der Waals surface area (Å²) in [6, 6.07) is 8.39. The standard InChI is InChI=1S/C11H18OSi/c1-5-12-10-8-6-7-9-11(10)13(2,3)4/h6-9H,5H2,1-4H3. The Bertz CT molecular complexity index is 276. The van der Waals surface area contributed by atoms with Crippen molar-refractivity contribution in [2.24, 2.45) is 0 Å². The van der Waals surface area contributed by atoms with Crippen LogP contribution >= 0.6 is 0 Å². The third kappa shape index (κ3) is 2.59. The predicted octanol–water partition coefficient (Wildman–Crippen LogP) is 2.63. The van der Waals surface area contributed by atoms with Gasteiger partial charge in [-0.25, -0.2) is 0 Å². The van der Waals surface area contributed by atoms with Gasteiger partial charge in [0.05, 0.1) is 14.7 Å². The van der Waals surface area contributed by atoms with Crippen molar-refractivity contribution in [2.45, 2.75) is 26.6 Å². The summed E-state index contributed by atoms with van der Waals surface area (Å²) in [6.07, 6.45) is 0. The predicted molar refractivity (Wildman–Crippen MR) is 60.6 cm³/mol. The van der Waals surface area contributed by atoms with Crippen molar-refractivity contribution in [2.75, 3.05) is 6.61 Å². The fourth-order valence-corrected chi connectivity index (χ4v) is 2.86. The lowest BCUT2D eigenvalue weighted by atomic mass is 10.3. The normalized spacial score (nSPS) is 11.4. The summed E-state index contributed by atoms with van der Waals surface area (Å²) in [5.74, 6) is 1.07. The van der Waals surface area contributed by atoms with Crippen molar-refractivity contribution in [1.29, 1.82) is 0 Å². The van der Waals surface area contributed by atoms with E-state index < -0.39 is 8.07 Å². The molecule has 0 saturated heterocycles. The average Bonchev–Trinajstić information content (AvgIpc) is 2.04. The van der Waals surface area contributed by atoms with Crippen molar-refractivity contribution in [3.8, 4) is 5.75 Å². The SMILES string of the molecule is CCOc1ccccc1[Si](C)(C)C. The monoisotopic (exact) mass is 194 g/mol. The molecule has 0 amide bonds. The van der Waals surface area contributed by atoms with Gasteiger partial charge in [-0.1, -0.05) is 37.8 Å². The lowest BCUT2D eigenvalue weighted by molar-refractivity contribution is 0.343. The molecule has 1 aromatic rings. The maximum absolute atomic E-state index is 5.60. The molecule has 1 nitrogen and oxygen atoms in total. The first-order chi connectivity index (χ1) is 6.05. The Kier molecular flexibility index (Phi) is 3.15. The third-order valence-electron chi connectivity index (χ3n) is 1.99. The molecule has 0 atom stereocenters. The Morgan fingerprint density at radius 2 is 1.77 bits per heavy atom. The number of hydrogen-bond donors (Lipinski definition) is 0. The molecule has 0 spiro atoms. The zero-order valence-corrected chi connectivity index (χ0v) is 9.92. The molecule has 1 aromatic carbocycles. The van der Waals surface area contributed by atoms with Crippen LogP contribution in [0.15, 0.2) is 24.3 Å². The van der Waals surface area contributed by atoms with Gasteiger partial charge in [0.15, 0.2) is 0 Å². The van der Waals surface area contributed by atoms with Crippen LogP contribution in [0, 0.1) is 0 Å². The molecule has 0 unspecified atom stereocenters. The van der Waals surface area contributed by atoms with Crippen LogP contribution < -0.4 is 9.92 Å². The van der Waals surface area contributed by atoms with Gasteiger partial charge in [0.25, 0.3) is 0 Å². The molecule has 0 aliphatic heterocycles. The minimum atomic E-state index is -1.24. The van der Waals surface area contributed by atoms with Crippen molar-refractivity contribution in [3.05, 3.63) is 24.3 Å². The maximum atomic E-state index is 5.60. The lowest BCUT2D eigenvalue weighted by Crippen LogP contribution is -2.38. The van der Waals surface area contributed by atoms with E-state index >= 15 is 0 Å². The molecule has 72 valence electrons. The van der Waals surface area contributed by atoms with Gasteiger partial charge in [-0.2, -0.15) is 0 Å². The van der Waals surface area contributed by atoms with Gasteiger partial charge in [-0.05, 0) is 18.2 Å². The van der Waals surface area contributed by atoms with Crippen LogP contribution in [0.25, 0.3) is 0 Å². The van der Waals surface area contributed by atoms with Crippen molar-refractivity contribution < 1.29 is 4.74 Å². The van der Waals surface area contributed by atoms with Crippen LogP contribution in [0.5, 0.6) is 5.75 Å². The highest BCUT2D eigenvalue weighted by Gasteiger charge is 2.20. The Balaban J connectivity index is 3.05. The van der Waals surface area contributed by atoms with Gasteiger partial charge in [0, 0.05) is 0 Å². The summed E-state index contributed by atoms with van der Waals surface area (Å²) in [7, 11) is -1.24. The number of rotatable bonds is 3. The molecule has 0 aromatic heterocycles. The minimum Gasteiger partial charge on any atom is -0.494 e. The third-order valence-corrected chi connectivity index (χ3v) is 4.02. The number of hydrogen-bond acceptors (Lipinski definition) is 1. The second-order valence-electron chi connectivity index (χ2n) is 4.18. The van der Waals surface area contributed by atoms with E-state index in [1.54, 1.807) is 0 Å². The Labute approximate surface area is 81.8 Å². The highest BCUT2D eigenvalue weighted by molar-refractivity contribution is 6.89. The van der Waals surface area contributed by atoms with E-state index in [2.05, 4.69) is 37.8 Å². The fraction of sp³-hybridized carbons (Fsp3) is 0.455. The number of para-hydroxylation sites is 1. The quantitative estimate of drug-likeness (QED) is 0.672. The Morgan fingerprint density at radius 1 is 1.15 bits per heavy atom. The molecule has 0 fully saturated rings. The van der Waals surface area contributed by atoms with Crippen molar-refractivity contribution in [3.63, 3.8) is 0 Å². The largest absolute Gasteiger partial charge is 0.494 e. The van der Waals surface area contributed by atoms with Gasteiger partial charge in [0.1, 0.15) is 5.75 Å². The van der Waals surface area contributed by atoms with Gasteiger partial charge in [0.2, 0.25) is 0 Å². The van der Waals surface area contributed by atoms with Gasteiger partial charge < -0.3 is 4.74 Å². The molecule has 13 heavy (non-hydrogen) atoms. The molecule has 0 N–H and O–H groups in total. The molecular weight excluding hydrogens is 176 g/mol. The van der Waals surface area contributed by atoms with Gasteiger partial charge >= 0.3 is 0 Å². The molecule has 0 aliphatic rings. The van der Waals surface area contributed by atoms with E-state index in [1.165, 1.54) is 5.19 Å². The molecular formula is C11H18OSi. The second-order valence-corrected chi connectivity index (χ2v) is 9.22. The van der Waals surface area contributed by atoms with E-state index in [9.17, 15) is 0 Å². The van der Waals surface area contributed by atoms with E-state index in [-0.39, 0.29) is 0 Å². The molecule has 0 bridgehead atoms. The Morgan fingerprint density at radius 3 is 2.31 bits per heavy atom.